The summed E-state index contributed by atoms with van der Waals surface area (Å²) in [6.45, 7) is 6.17. The second kappa shape index (κ2) is 6.74. The molecule has 2 aliphatic rings. The van der Waals surface area contributed by atoms with E-state index in [1.165, 1.54) is 6.20 Å². The van der Waals surface area contributed by atoms with Gasteiger partial charge in [-0.1, -0.05) is 0 Å². The predicted octanol–water partition coefficient (Wildman–Crippen LogP) is 4.68. The number of piperidine rings is 1. The first kappa shape index (κ1) is 19.0. The molecule has 3 unspecified atom stereocenters. The first-order valence-corrected chi connectivity index (χ1v) is 9.04. The number of alkyl halides is 3. The Kier molecular flexibility index (Phi) is 4.92. The number of hydrogen-bond donors (Lipinski definition) is 0. The van der Waals surface area contributed by atoms with Gasteiger partial charge in [0.2, 0.25) is 0 Å². The predicted molar refractivity (Wildman–Crippen MR) is 90.5 cm³/mol. The van der Waals surface area contributed by atoms with Crippen molar-refractivity contribution in [2.24, 2.45) is 11.8 Å². The number of ether oxygens (including phenoxy) is 1. The second-order valence-corrected chi connectivity index (χ2v) is 8.35. The maximum Gasteiger partial charge on any atom is 0.416 e. The molecule has 1 aromatic rings. The van der Waals surface area contributed by atoms with E-state index in [0.29, 0.717) is 36.9 Å². The van der Waals surface area contributed by atoms with Crippen molar-refractivity contribution in [1.29, 1.82) is 0 Å². The fourth-order valence-corrected chi connectivity index (χ4v) is 3.62. The summed E-state index contributed by atoms with van der Waals surface area (Å²) in [6.07, 6.45) is -0.485. The molecule has 7 heteroatoms. The molecule has 144 valence electrons. The lowest BCUT2D eigenvalue weighted by Crippen LogP contribution is -2.47. The van der Waals surface area contributed by atoms with Crippen LogP contribution in [0, 0.1) is 11.8 Å². The van der Waals surface area contributed by atoms with Crippen LogP contribution in [0.3, 0.4) is 0 Å². The van der Waals surface area contributed by atoms with Gasteiger partial charge in [0.15, 0.2) is 0 Å². The normalized spacial score (nSPS) is 25.6. The van der Waals surface area contributed by atoms with Gasteiger partial charge in [-0.2, -0.15) is 13.2 Å². The average molecular weight is 370 g/mol. The zero-order valence-corrected chi connectivity index (χ0v) is 15.3. The molecule has 26 heavy (non-hydrogen) atoms. The van der Waals surface area contributed by atoms with E-state index < -0.39 is 17.3 Å². The number of nitrogens with zero attached hydrogens (tertiary/aromatic N) is 2. The van der Waals surface area contributed by atoms with E-state index in [0.717, 1.165) is 25.0 Å². The van der Waals surface area contributed by atoms with Crippen LogP contribution in [0.1, 0.15) is 51.3 Å². The Bertz CT molecular complexity index is 669. The Balaban J connectivity index is 1.66. The highest BCUT2D eigenvalue weighted by atomic mass is 19.4. The van der Waals surface area contributed by atoms with Gasteiger partial charge in [-0.05, 0) is 70.4 Å². The van der Waals surface area contributed by atoms with Gasteiger partial charge >= 0.3 is 12.3 Å². The van der Waals surface area contributed by atoms with Gasteiger partial charge in [0.25, 0.3) is 0 Å². The smallest absolute Gasteiger partial charge is 0.416 e. The average Bonchev–Trinajstić information content (AvgIpc) is 3.28. The number of halogens is 3. The number of aryl methyl sites for hydroxylation is 1. The maximum absolute atomic E-state index is 12.8. The van der Waals surface area contributed by atoms with Gasteiger partial charge in [-0.15, -0.1) is 0 Å². The molecule has 1 saturated heterocycles. The van der Waals surface area contributed by atoms with Gasteiger partial charge in [0, 0.05) is 24.5 Å². The first-order valence-electron chi connectivity index (χ1n) is 9.04. The highest BCUT2D eigenvalue weighted by Crippen LogP contribution is 2.48. The minimum absolute atomic E-state index is 0.00931. The van der Waals surface area contributed by atoms with E-state index in [2.05, 4.69) is 4.98 Å². The van der Waals surface area contributed by atoms with Crippen LogP contribution in [-0.2, 0) is 17.3 Å². The minimum atomic E-state index is -4.37. The second-order valence-electron chi connectivity index (χ2n) is 8.35. The summed E-state index contributed by atoms with van der Waals surface area (Å²) < 4.78 is 44.1. The van der Waals surface area contributed by atoms with Crippen molar-refractivity contribution in [1.82, 2.24) is 9.88 Å². The first-order chi connectivity index (χ1) is 12.0. The Morgan fingerprint density at radius 1 is 1.27 bits per heavy atom. The van der Waals surface area contributed by atoms with E-state index in [-0.39, 0.29) is 12.1 Å². The third kappa shape index (κ3) is 4.68. The lowest BCUT2D eigenvalue weighted by atomic mass is 9.97. The van der Waals surface area contributed by atoms with Crippen LogP contribution < -0.4 is 0 Å². The number of fused-ring (bicyclic) bond motifs is 1. The molecule has 1 aliphatic carbocycles. The number of likely N-dealkylation sites (tertiary alicyclic amines) is 1. The molecule has 0 bridgehead atoms. The summed E-state index contributed by atoms with van der Waals surface area (Å²) in [4.78, 5) is 18.4. The molecule has 0 radical (unpaired) electrons. The summed E-state index contributed by atoms with van der Waals surface area (Å²) in [5.41, 5.74) is -0.843. The van der Waals surface area contributed by atoms with E-state index in [1.807, 2.05) is 20.8 Å². The lowest BCUT2D eigenvalue weighted by Gasteiger charge is -2.36. The van der Waals surface area contributed by atoms with Crippen molar-refractivity contribution in [2.75, 3.05) is 6.54 Å². The summed E-state index contributed by atoms with van der Waals surface area (Å²) >= 11 is 0. The highest BCUT2D eigenvalue weighted by molar-refractivity contribution is 5.69. The third-order valence-corrected chi connectivity index (χ3v) is 5.02. The Labute approximate surface area is 151 Å². The van der Waals surface area contributed by atoms with Crippen LogP contribution in [0.4, 0.5) is 18.0 Å². The van der Waals surface area contributed by atoms with Gasteiger partial charge in [-0.3, -0.25) is 4.98 Å². The monoisotopic (exact) mass is 370 g/mol. The zero-order valence-electron chi connectivity index (χ0n) is 15.3. The Hall–Kier alpha value is -1.79. The topological polar surface area (TPSA) is 42.4 Å². The van der Waals surface area contributed by atoms with Crippen molar-refractivity contribution in [3.8, 4) is 0 Å². The highest BCUT2D eigenvalue weighted by Gasteiger charge is 2.47. The van der Waals surface area contributed by atoms with E-state index >= 15 is 0 Å². The van der Waals surface area contributed by atoms with Crippen LogP contribution >= 0.6 is 0 Å². The van der Waals surface area contributed by atoms with Gasteiger partial charge < -0.3 is 9.64 Å². The number of pyridine rings is 1. The molecule has 3 rings (SSSR count). The summed E-state index contributed by atoms with van der Waals surface area (Å²) in [5.74, 6) is 1.18. The molecule has 1 amide bonds. The molecule has 4 nitrogen and oxygen atoms in total. The summed E-state index contributed by atoms with van der Waals surface area (Å²) in [7, 11) is 0. The minimum Gasteiger partial charge on any atom is -0.444 e. The molecule has 2 fully saturated rings. The number of carbonyl (C=O) groups is 1. The molecule has 0 N–H and O–H groups in total. The van der Waals surface area contributed by atoms with E-state index in [9.17, 15) is 18.0 Å². The molecular weight excluding hydrogens is 345 g/mol. The van der Waals surface area contributed by atoms with Crippen LogP contribution in [0.25, 0.3) is 0 Å². The summed E-state index contributed by atoms with van der Waals surface area (Å²) in [5, 5.41) is 0. The number of amides is 1. The Morgan fingerprint density at radius 2 is 2.00 bits per heavy atom. The van der Waals surface area contributed by atoms with E-state index in [1.54, 1.807) is 4.90 Å². The molecule has 1 aromatic heterocycles. The largest absolute Gasteiger partial charge is 0.444 e. The number of carbonyl (C=O) groups excluding carboxylic acids is 1. The van der Waals surface area contributed by atoms with Crippen LogP contribution in [0.5, 0.6) is 0 Å². The molecule has 0 spiro atoms. The molecule has 3 atom stereocenters. The Morgan fingerprint density at radius 3 is 2.65 bits per heavy atom. The van der Waals surface area contributed by atoms with Crippen molar-refractivity contribution >= 4 is 6.09 Å². The zero-order chi connectivity index (χ0) is 19.1. The van der Waals surface area contributed by atoms with Crippen molar-refractivity contribution in [2.45, 2.75) is 64.3 Å². The molecule has 2 heterocycles. The number of hydrogen-bond acceptors (Lipinski definition) is 3. The van der Waals surface area contributed by atoms with Crippen molar-refractivity contribution < 1.29 is 22.7 Å². The summed E-state index contributed by atoms with van der Waals surface area (Å²) in [6, 6.07) is 2.07. The fraction of sp³-hybridized carbons (Fsp3) is 0.684. The van der Waals surface area contributed by atoms with Crippen LogP contribution in [-0.4, -0.2) is 34.2 Å². The van der Waals surface area contributed by atoms with Gasteiger partial charge in [-0.25, -0.2) is 4.79 Å². The molecule has 1 aliphatic heterocycles. The SMILES string of the molecule is CC(C)(C)OC(=O)N1CC2CC2CC1CCc1cc(C(F)(F)F)ccn1. The van der Waals surface area contributed by atoms with Gasteiger partial charge in [0.1, 0.15) is 5.60 Å². The molecule has 0 aromatic carbocycles. The third-order valence-electron chi connectivity index (χ3n) is 5.02. The quantitative estimate of drug-likeness (QED) is 0.776. The maximum atomic E-state index is 12.8. The fourth-order valence-electron chi connectivity index (χ4n) is 3.62. The van der Waals surface area contributed by atoms with Crippen LogP contribution in [0.15, 0.2) is 18.3 Å². The standard InChI is InChI=1S/C19H25F3N2O2/c1-18(2,3)26-17(25)24-11-13-8-12(13)9-16(24)5-4-15-10-14(6-7-23-15)19(20,21)22/h6-7,10,12-13,16H,4-5,8-9,11H2,1-3H3. The number of aromatic nitrogens is 1. The van der Waals surface area contributed by atoms with Crippen molar-refractivity contribution in [3.63, 3.8) is 0 Å². The lowest BCUT2D eigenvalue weighted by molar-refractivity contribution is -0.137. The van der Waals surface area contributed by atoms with Gasteiger partial charge in [0.05, 0.1) is 5.56 Å². The number of rotatable bonds is 3. The molecular formula is C19H25F3N2O2. The van der Waals surface area contributed by atoms with Crippen molar-refractivity contribution in [3.05, 3.63) is 29.6 Å². The van der Waals surface area contributed by atoms with Crippen LogP contribution in [0.2, 0.25) is 0 Å². The molecule has 1 saturated carbocycles. The van der Waals surface area contributed by atoms with E-state index in [4.69, 9.17) is 4.74 Å².